The second-order valence-corrected chi connectivity index (χ2v) is 8.77. The Morgan fingerprint density at radius 2 is 1.93 bits per heavy atom. The fourth-order valence-corrected chi connectivity index (χ4v) is 4.43. The van der Waals surface area contributed by atoms with Gasteiger partial charge in [0.15, 0.2) is 0 Å². The predicted octanol–water partition coefficient (Wildman–Crippen LogP) is 1.41. The van der Waals surface area contributed by atoms with Gasteiger partial charge in [0.05, 0.1) is 18.0 Å². The number of hydrogen-bond acceptors (Lipinski definition) is 6. The van der Waals surface area contributed by atoms with Crippen molar-refractivity contribution in [2.75, 3.05) is 31.8 Å². The quantitative estimate of drug-likeness (QED) is 0.828. The third-order valence-electron chi connectivity index (χ3n) is 4.63. The first-order chi connectivity index (χ1) is 12.7. The molecule has 1 saturated heterocycles. The van der Waals surface area contributed by atoms with E-state index in [0.717, 1.165) is 17.5 Å². The molecule has 3 rings (SSSR count). The van der Waals surface area contributed by atoms with Crippen LogP contribution in [0.5, 0.6) is 0 Å². The Balaban J connectivity index is 2.13. The van der Waals surface area contributed by atoms with Gasteiger partial charge in [0.1, 0.15) is 0 Å². The lowest BCUT2D eigenvalue weighted by Crippen LogP contribution is -2.30. The minimum Gasteiger partial charge on any atom is -0.366 e. The highest BCUT2D eigenvalue weighted by Gasteiger charge is 2.35. The van der Waals surface area contributed by atoms with Crippen LogP contribution in [0.2, 0.25) is 0 Å². The molecule has 1 aromatic carbocycles. The molecule has 8 nitrogen and oxygen atoms in total. The van der Waals surface area contributed by atoms with Crippen LogP contribution >= 0.6 is 0 Å². The van der Waals surface area contributed by atoms with Crippen molar-refractivity contribution in [2.45, 2.75) is 18.9 Å². The number of hydrogen-bond donors (Lipinski definition) is 1. The van der Waals surface area contributed by atoms with E-state index in [1.165, 1.54) is 10.6 Å². The highest BCUT2D eigenvalue weighted by molar-refractivity contribution is 7.88. The molecule has 2 N–H and O–H groups in total. The summed E-state index contributed by atoms with van der Waals surface area (Å²) in [4.78, 5) is 22.2. The first-order valence-corrected chi connectivity index (χ1v) is 10.4. The molecule has 0 radical (unpaired) electrons. The molecule has 2 aromatic rings. The molecule has 1 fully saturated rings. The Labute approximate surface area is 159 Å². The highest BCUT2D eigenvalue weighted by Crippen LogP contribution is 2.38. The molecule has 2 heterocycles. The Kier molecular flexibility index (Phi) is 5.16. The van der Waals surface area contributed by atoms with Crippen molar-refractivity contribution < 1.29 is 13.2 Å². The van der Waals surface area contributed by atoms with E-state index in [1.54, 1.807) is 35.4 Å². The van der Waals surface area contributed by atoms with Crippen LogP contribution in [0.1, 0.15) is 34.9 Å². The Morgan fingerprint density at radius 1 is 1.26 bits per heavy atom. The number of sulfonamides is 1. The Morgan fingerprint density at radius 3 is 2.48 bits per heavy atom. The van der Waals surface area contributed by atoms with Gasteiger partial charge in [0.25, 0.3) is 0 Å². The summed E-state index contributed by atoms with van der Waals surface area (Å²) in [7, 11) is 0.322. The van der Waals surface area contributed by atoms with Gasteiger partial charge >= 0.3 is 0 Å². The van der Waals surface area contributed by atoms with E-state index >= 15 is 0 Å². The SMILES string of the molecule is CN(C)c1ncc(-c2ccc(C(N)=O)cc2)c(C2CCCN2S(C)(=O)=O)n1. The van der Waals surface area contributed by atoms with Crippen LogP contribution in [0, 0.1) is 0 Å². The molecule has 1 aliphatic heterocycles. The Bertz CT molecular complexity index is 957. The van der Waals surface area contributed by atoms with E-state index in [0.29, 0.717) is 30.2 Å². The summed E-state index contributed by atoms with van der Waals surface area (Å²) in [5.41, 5.74) is 7.94. The summed E-state index contributed by atoms with van der Waals surface area (Å²) in [6.45, 7) is 0.477. The maximum absolute atomic E-state index is 12.2. The molecule has 0 spiro atoms. The summed E-state index contributed by atoms with van der Waals surface area (Å²) in [6, 6.07) is 6.50. The van der Waals surface area contributed by atoms with Gasteiger partial charge in [-0.05, 0) is 30.5 Å². The fourth-order valence-electron chi connectivity index (χ4n) is 3.30. The van der Waals surface area contributed by atoms with Crippen molar-refractivity contribution in [1.82, 2.24) is 14.3 Å². The lowest BCUT2D eigenvalue weighted by molar-refractivity contribution is 0.100. The number of nitrogens with zero attached hydrogens (tertiary/aromatic N) is 4. The molecule has 144 valence electrons. The summed E-state index contributed by atoms with van der Waals surface area (Å²) in [5.74, 6) is 0.0166. The standard InChI is InChI=1S/C18H23N5O3S/c1-22(2)18-20-11-14(12-6-8-13(9-7-12)17(19)24)16(21-18)15-5-4-10-23(15)27(3,25)26/h6-9,11,15H,4-5,10H2,1-3H3,(H2,19,24). The van der Waals surface area contributed by atoms with E-state index in [4.69, 9.17) is 5.73 Å². The molecule has 0 saturated carbocycles. The zero-order valence-corrected chi connectivity index (χ0v) is 16.4. The van der Waals surface area contributed by atoms with Crippen LogP contribution in [0.15, 0.2) is 30.5 Å². The molecule has 27 heavy (non-hydrogen) atoms. The molecule has 1 unspecified atom stereocenters. The van der Waals surface area contributed by atoms with Gasteiger partial charge in [-0.25, -0.2) is 18.4 Å². The van der Waals surface area contributed by atoms with Crippen LogP contribution in [-0.4, -0.2) is 55.5 Å². The first-order valence-electron chi connectivity index (χ1n) is 8.60. The fraction of sp³-hybridized carbons (Fsp3) is 0.389. The third-order valence-corrected chi connectivity index (χ3v) is 5.92. The van der Waals surface area contributed by atoms with Gasteiger partial charge in [-0.15, -0.1) is 0 Å². The third kappa shape index (κ3) is 3.93. The smallest absolute Gasteiger partial charge is 0.248 e. The number of aromatic nitrogens is 2. The van der Waals surface area contributed by atoms with Crippen LogP contribution in [0.3, 0.4) is 0 Å². The predicted molar refractivity (Wildman–Crippen MR) is 104 cm³/mol. The normalized spacial score (nSPS) is 17.8. The number of anilines is 1. The van der Waals surface area contributed by atoms with E-state index in [-0.39, 0.29) is 6.04 Å². The van der Waals surface area contributed by atoms with Gasteiger partial charge in [0.2, 0.25) is 21.9 Å². The number of amides is 1. The van der Waals surface area contributed by atoms with Gasteiger partial charge in [-0.3, -0.25) is 4.79 Å². The average Bonchev–Trinajstić information content (AvgIpc) is 3.11. The van der Waals surface area contributed by atoms with Crippen molar-refractivity contribution in [2.24, 2.45) is 5.73 Å². The van der Waals surface area contributed by atoms with E-state index in [9.17, 15) is 13.2 Å². The molecule has 0 aliphatic carbocycles. The van der Waals surface area contributed by atoms with Crippen LogP contribution in [0.25, 0.3) is 11.1 Å². The second-order valence-electron chi connectivity index (χ2n) is 6.84. The molecule has 9 heteroatoms. The number of rotatable bonds is 5. The van der Waals surface area contributed by atoms with Crippen LogP contribution < -0.4 is 10.6 Å². The van der Waals surface area contributed by atoms with Crippen molar-refractivity contribution >= 4 is 21.9 Å². The largest absolute Gasteiger partial charge is 0.366 e. The van der Waals surface area contributed by atoms with Crippen LogP contribution in [0.4, 0.5) is 5.95 Å². The maximum atomic E-state index is 12.2. The average molecular weight is 389 g/mol. The number of benzene rings is 1. The monoisotopic (exact) mass is 389 g/mol. The Hall–Kier alpha value is -2.52. The number of carbonyl (C=O) groups excluding carboxylic acids is 1. The molecular weight excluding hydrogens is 366 g/mol. The lowest BCUT2D eigenvalue weighted by atomic mass is 9.99. The number of carbonyl (C=O) groups is 1. The molecule has 1 aliphatic rings. The van der Waals surface area contributed by atoms with Crippen molar-refractivity contribution in [1.29, 1.82) is 0 Å². The van der Waals surface area contributed by atoms with E-state index < -0.39 is 15.9 Å². The van der Waals surface area contributed by atoms with E-state index in [2.05, 4.69) is 9.97 Å². The van der Waals surface area contributed by atoms with Gasteiger partial charge in [-0.1, -0.05) is 12.1 Å². The van der Waals surface area contributed by atoms with Crippen LogP contribution in [-0.2, 0) is 10.0 Å². The van der Waals surface area contributed by atoms with Gasteiger partial charge in [-0.2, -0.15) is 4.31 Å². The topological polar surface area (TPSA) is 109 Å². The molecular formula is C18H23N5O3S. The molecule has 1 amide bonds. The number of nitrogens with two attached hydrogens (primary N) is 1. The van der Waals surface area contributed by atoms with Crippen molar-refractivity contribution in [3.63, 3.8) is 0 Å². The molecule has 1 aromatic heterocycles. The summed E-state index contributed by atoms with van der Waals surface area (Å²) < 4.78 is 25.9. The van der Waals surface area contributed by atoms with Gasteiger partial charge < -0.3 is 10.6 Å². The minimum absolute atomic E-state index is 0.340. The first kappa shape index (κ1) is 19.2. The zero-order valence-electron chi connectivity index (χ0n) is 15.6. The van der Waals surface area contributed by atoms with Crippen molar-refractivity contribution in [3.05, 3.63) is 41.7 Å². The highest BCUT2D eigenvalue weighted by atomic mass is 32.2. The summed E-state index contributed by atoms with van der Waals surface area (Å²) >= 11 is 0. The van der Waals surface area contributed by atoms with Gasteiger partial charge in [0, 0.05) is 38.0 Å². The summed E-state index contributed by atoms with van der Waals surface area (Å²) in [6.07, 6.45) is 4.40. The maximum Gasteiger partial charge on any atom is 0.248 e. The van der Waals surface area contributed by atoms with Crippen molar-refractivity contribution in [3.8, 4) is 11.1 Å². The lowest BCUT2D eigenvalue weighted by Gasteiger charge is -2.24. The second kappa shape index (κ2) is 7.24. The minimum atomic E-state index is -3.35. The summed E-state index contributed by atoms with van der Waals surface area (Å²) in [5, 5.41) is 0. The molecule has 0 bridgehead atoms. The van der Waals surface area contributed by atoms with E-state index in [1.807, 2.05) is 14.1 Å². The molecule has 1 atom stereocenters. The zero-order chi connectivity index (χ0) is 19.8. The number of primary amides is 1.